The first-order chi connectivity index (χ1) is 16.0. The van der Waals surface area contributed by atoms with Crippen LogP contribution in [0.4, 0.5) is 0 Å². The van der Waals surface area contributed by atoms with Gasteiger partial charge in [-0.05, 0) is 29.7 Å². The van der Waals surface area contributed by atoms with Crippen LogP contribution in [-0.2, 0) is 33.8 Å². The highest BCUT2D eigenvalue weighted by Crippen LogP contribution is 2.27. The average molecular weight is 449 g/mol. The Morgan fingerprint density at radius 2 is 1.64 bits per heavy atom. The van der Waals surface area contributed by atoms with Gasteiger partial charge < -0.3 is 14.7 Å². The van der Waals surface area contributed by atoms with Gasteiger partial charge in [-0.15, -0.1) is 0 Å². The largest absolute Gasteiger partial charge is 0.339 e. The Morgan fingerprint density at radius 3 is 2.30 bits per heavy atom. The molecule has 0 bridgehead atoms. The number of hydrogen-bond acceptors (Lipinski definition) is 4. The number of rotatable bonds is 5. The number of amides is 3. The first-order valence-corrected chi connectivity index (χ1v) is 11.8. The molecular weight excluding hydrogens is 416 g/mol. The second-order valence-electron chi connectivity index (χ2n) is 8.97. The quantitative estimate of drug-likeness (QED) is 0.704. The minimum absolute atomic E-state index is 0.0158. The van der Waals surface area contributed by atoms with Crippen LogP contribution >= 0.6 is 0 Å². The van der Waals surface area contributed by atoms with E-state index < -0.39 is 6.04 Å². The summed E-state index contributed by atoms with van der Waals surface area (Å²) in [5.74, 6) is -0.0693. The first-order valence-electron chi connectivity index (χ1n) is 11.8. The minimum Gasteiger partial charge on any atom is -0.339 e. The molecule has 1 aromatic heterocycles. The molecule has 2 atom stereocenters. The van der Waals surface area contributed by atoms with Crippen LogP contribution < -0.4 is 0 Å². The molecule has 2 aromatic rings. The maximum Gasteiger partial charge on any atom is 0.245 e. The van der Waals surface area contributed by atoms with Gasteiger partial charge in [0.05, 0.1) is 6.42 Å². The Labute approximate surface area is 195 Å². The van der Waals surface area contributed by atoms with Gasteiger partial charge in [0.1, 0.15) is 6.04 Å². The predicted octanol–water partition coefficient (Wildman–Crippen LogP) is 2.29. The Bertz CT molecular complexity index is 1000. The second-order valence-corrected chi connectivity index (χ2v) is 8.97. The monoisotopic (exact) mass is 448 g/mol. The SMILES string of the molecule is CCC(C)C(=O)N1Cc2ccccc2CC1C(=O)N1CCN(C(=O)Cc2ccccn2)CC1. The van der Waals surface area contributed by atoms with Crippen molar-refractivity contribution in [3.05, 3.63) is 65.5 Å². The van der Waals surface area contributed by atoms with Crippen LogP contribution in [0.1, 0.15) is 37.1 Å². The fourth-order valence-corrected chi connectivity index (χ4v) is 4.59. The third-order valence-electron chi connectivity index (χ3n) is 6.85. The van der Waals surface area contributed by atoms with Crippen molar-refractivity contribution in [3.8, 4) is 0 Å². The van der Waals surface area contributed by atoms with Crippen LogP contribution in [0, 0.1) is 5.92 Å². The molecule has 0 aliphatic carbocycles. The van der Waals surface area contributed by atoms with Crippen LogP contribution in [0.25, 0.3) is 0 Å². The molecule has 1 saturated heterocycles. The lowest BCUT2D eigenvalue weighted by molar-refractivity contribution is -0.151. The van der Waals surface area contributed by atoms with Gasteiger partial charge >= 0.3 is 0 Å². The van der Waals surface area contributed by atoms with Gasteiger partial charge in [0.15, 0.2) is 0 Å². The first kappa shape index (κ1) is 23.0. The molecule has 4 rings (SSSR count). The van der Waals surface area contributed by atoms with Crippen LogP contribution in [-0.4, -0.2) is 69.6 Å². The fourth-order valence-electron chi connectivity index (χ4n) is 4.59. The predicted molar refractivity (Wildman–Crippen MR) is 125 cm³/mol. The molecule has 174 valence electrons. The van der Waals surface area contributed by atoms with E-state index in [0.717, 1.165) is 23.2 Å². The van der Waals surface area contributed by atoms with Crippen molar-refractivity contribution in [2.45, 2.75) is 45.7 Å². The number of benzene rings is 1. The lowest BCUT2D eigenvalue weighted by atomic mass is 9.91. The second kappa shape index (κ2) is 10.1. The van der Waals surface area contributed by atoms with Crippen molar-refractivity contribution in [2.24, 2.45) is 5.92 Å². The van der Waals surface area contributed by atoms with Crippen molar-refractivity contribution in [2.75, 3.05) is 26.2 Å². The third-order valence-corrected chi connectivity index (χ3v) is 6.85. The third kappa shape index (κ3) is 5.07. The summed E-state index contributed by atoms with van der Waals surface area (Å²) in [6.07, 6.45) is 3.24. The molecule has 0 N–H and O–H groups in total. The van der Waals surface area contributed by atoms with Gasteiger partial charge in [-0.1, -0.05) is 44.2 Å². The van der Waals surface area contributed by atoms with Crippen molar-refractivity contribution in [1.29, 1.82) is 0 Å². The molecular formula is C26H32N4O3. The van der Waals surface area contributed by atoms with E-state index in [2.05, 4.69) is 11.1 Å². The van der Waals surface area contributed by atoms with E-state index in [1.54, 1.807) is 16.0 Å². The summed E-state index contributed by atoms with van der Waals surface area (Å²) in [4.78, 5) is 49.0. The van der Waals surface area contributed by atoms with E-state index in [9.17, 15) is 14.4 Å². The highest BCUT2D eigenvalue weighted by Gasteiger charge is 2.38. The number of nitrogens with zero attached hydrogens (tertiary/aromatic N) is 4. The fraction of sp³-hybridized carbons (Fsp3) is 0.462. The van der Waals surface area contributed by atoms with E-state index in [1.165, 1.54) is 0 Å². The van der Waals surface area contributed by atoms with Gasteiger partial charge in [0.25, 0.3) is 0 Å². The lowest BCUT2D eigenvalue weighted by Gasteiger charge is -2.42. The normalized spacial score (nSPS) is 19.1. The molecule has 3 heterocycles. The molecule has 2 aliphatic heterocycles. The molecule has 0 spiro atoms. The van der Waals surface area contributed by atoms with Gasteiger partial charge in [-0.3, -0.25) is 19.4 Å². The molecule has 7 heteroatoms. The minimum atomic E-state index is -0.489. The van der Waals surface area contributed by atoms with E-state index in [-0.39, 0.29) is 30.1 Å². The Morgan fingerprint density at radius 1 is 0.970 bits per heavy atom. The van der Waals surface area contributed by atoms with Crippen LogP contribution in [0.3, 0.4) is 0 Å². The number of pyridine rings is 1. The number of piperazine rings is 1. The number of hydrogen-bond donors (Lipinski definition) is 0. The van der Waals surface area contributed by atoms with Crippen LogP contribution in [0.15, 0.2) is 48.7 Å². The lowest BCUT2D eigenvalue weighted by Crippen LogP contribution is -2.58. The summed E-state index contributed by atoms with van der Waals surface area (Å²) in [6, 6.07) is 13.1. The van der Waals surface area contributed by atoms with Crippen LogP contribution in [0.5, 0.6) is 0 Å². The summed E-state index contributed by atoms with van der Waals surface area (Å²) < 4.78 is 0. The van der Waals surface area contributed by atoms with E-state index in [4.69, 9.17) is 0 Å². The highest BCUT2D eigenvalue weighted by molar-refractivity contribution is 5.89. The summed E-state index contributed by atoms with van der Waals surface area (Å²) in [6.45, 7) is 6.36. The Balaban J connectivity index is 1.43. The van der Waals surface area contributed by atoms with Gasteiger partial charge in [0, 0.05) is 57.0 Å². The zero-order valence-corrected chi connectivity index (χ0v) is 19.4. The number of carbonyl (C=O) groups is 3. The van der Waals surface area contributed by atoms with Gasteiger partial charge in [-0.25, -0.2) is 0 Å². The van der Waals surface area contributed by atoms with E-state index >= 15 is 0 Å². The summed E-state index contributed by atoms with van der Waals surface area (Å²) in [5, 5.41) is 0. The Kier molecular flexibility index (Phi) is 7.06. The van der Waals surface area contributed by atoms with E-state index in [1.807, 2.05) is 55.1 Å². The van der Waals surface area contributed by atoms with Crippen molar-refractivity contribution in [3.63, 3.8) is 0 Å². The summed E-state index contributed by atoms with van der Waals surface area (Å²) in [7, 11) is 0. The molecule has 1 aromatic carbocycles. The maximum atomic E-state index is 13.6. The zero-order chi connectivity index (χ0) is 23.4. The number of fused-ring (bicyclic) bond motifs is 1. The van der Waals surface area contributed by atoms with Gasteiger partial charge in [-0.2, -0.15) is 0 Å². The molecule has 1 fully saturated rings. The number of aromatic nitrogens is 1. The van der Waals surface area contributed by atoms with Crippen LogP contribution in [0.2, 0.25) is 0 Å². The topological polar surface area (TPSA) is 73.8 Å². The zero-order valence-electron chi connectivity index (χ0n) is 19.4. The van der Waals surface area contributed by atoms with Crippen molar-refractivity contribution >= 4 is 17.7 Å². The molecule has 0 radical (unpaired) electrons. The van der Waals surface area contributed by atoms with E-state index in [0.29, 0.717) is 39.1 Å². The number of carbonyl (C=O) groups excluding carboxylic acids is 3. The van der Waals surface area contributed by atoms with Crippen molar-refractivity contribution < 1.29 is 14.4 Å². The molecule has 3 amide bonds. The summed E-state index contributed by atoms with van der Waals surface area (Å²) >= 11 is 0. The molecule has 0 saturated carbocycles. The average Bonchev–Trinajstić information content (AvgIpc) is 2.87. The molecule has 2 aliphatic rings. The molecule has 2 unspecified atom stereocenters. The smallest absolute Gasteiger partial charge is 0.245 e. The van der Waals surface area contributed by atoms with Crippen molar-refractivity contribution in [1.82, 2.24) is 19.7 Å². The molecule has 33 heavy (non-hydrogen) atoms. The van der Waals surface area contributed by atoms with Gasteiger partial charge in [0.2, 0.25) is 17.7 Å². The highest BCUT2D eigenvalue weighted by atomic mass is 16.2. The maximum absolute atomic E-state index is 13.6. The molecule has 7 nitrogen and oxygen atoms in total. The standard InChI is InChI=1S/C26H32N4O3/c1-3-19(2)25(32)30-18-21-9-5-4-8-20(21)16-23(30)26(33)29-14-12-28(13-15-29)24(31)17-22-10-6-7-11-27-22/h4-11,19,23H,3,12-18H2,1-2H3. The Hall–Kier alpha value is -3.22. The summed E-state index contributed by atoms with van der Waals surface area (Å²) in [5.41, 5.74) is 3.00.